The number of aliphatic hydroxyl groups is 2. The maximum absolute atomic E-state index is 11.8. The highest BCUT2D eigenvalue weighted by Crippen LogP contribution is 2.67. The number of hydrogen-bond acceptors (Lipinski definition) is 5. The standard InChI is InChI=1S/C21H30O3.C21H28O2/c1-20-10-7-17-16-6-4-15(23)13-14(16)3-5-18(17)19(20)8-11-21(20,24)9-2-12-22;1-20-10-7-17-16-6-4-15(22)13-14(16)3-5-18(17)19(20)8-11-21(20)9-2-12-23-21/h2,9,13,16-19,22,24H,3-8,10-12H2,1H3;2,9,13,16-19H,3-8,10-12H2,1H3/b9-2-;/t2*16-,17?,18?,19?,20-,21-/m00/s1. The van der Waals surface area contributed by atoms with E-state index < -0.39 is 5.60 Å². The van der Waals surface area contributed by atoms with Crippen molar-refractivity contribution in [1.29, 1.82) is 0 Å². The summed E-state index contributed by atoms with van der Waals surface area (Å²) in [4.78, 5) is 23.5. The van der Waals surface area contributed by atoms with E-state index in [4.69, 9.17) is 9.84 Å². The van der Waals surface area contributed by atoms with Crippen LogP contribution in [-0.2, 0) is 14.3 Å². The van der Waals surface area contributed by atoms with Crippen LogP contribution in [-0.4, -0.2) is 46.2 Å². The van der Waals surface area contributed by atoms with Gasteiger partial charge in [0.05, 0.1) is 24.4 Å². The summed E-state index contributed by atoms with van der Waals surface area (Å²) in [5, 5.41) is 20.4. The molecule has 5 nitrogen and oxygen atoms in total. The molecule has 9 rings (SSSR count). The highest BCUT2D eigenvalue weighted by molar-refractivity contribution is 5.91. The van der Waals surface area contributed by atoms with E-state index in [1.165, 1.54) is 62.5 Å². The van der Waals surface area contributed by atoms with Crippen molar-refractivity contribution in [3.8, 4) is 0 Å². The van der Waals surface area contributed by atoms with Crippen molar-refractivity contribution in [2.24, 2.45) is 58.2 Å². The van der Waals surface area contributed by atoms with Gasteiger partial charge >= 0.3 is 0 Å². The van der Waals surface area contributed by atoms with Gasteiger partial charge in [0.1, 0.15) is 0 Å². The lowest BCUT2D eigenvalue weighted by Gasteiger charge is -2.55. The molecule has 0 aromatic carbocycles. The van der Waals surface area contributed by atoms with E-state index in [-0.39, 0.29) is 17.6 Å². The van der Waals surface area contributed by atoms with Gasteiger partial charge in [-0.1, -0.05) is 49.3 Å². The molecule has 0 saturated heterocycles. The molecule has 0 aromatic rings. The molecule has 0 amide bonds. The number of aliphatic hydroxyl groups excluding tert-OH is 1. The second kappa shape index (κ2) is 11.9. The fourth-order valence-electron chi connectivity index (χ4n) is 14.0. The molecule has 1 spiro atoms. The van der Waals surface area contributed by atoms with Gasteiger partial charge in [0.25, 0.3) is 0 Å². The third-order valence-electron chi connectivity index (χ3n) is 16.3. The minimum atomic E-state index is -0.760. The second-order valence-corrected chi connectivity index (χ2v) is 17.7. The van der Waals surface area contributed by atoms with Gasteiger partial charge in [-0.2, -0.15) is 0 Å². The Hall–Kier alpha value is -1.82. The first-order chi connectivity index (χ1) is 22.6. The van der Waals surface area contributed by atoms with E-state index >= 15 is 0 Å². The molecule has 8 aliphatic carbocycles. The molecule has 9 aliphatic rings. The van der Waals surface area contributed by atoms with E-state index in [1.54, 1.807) is 6.08 Å². The van der Waals surface area contributed by atoms with Gasteiger partial charge in [-0.15, -0.1) is 0 Å². The van der Waals surface area contributed by atoms with Crippen LogP contribution >= 0.6 is 0 Å². The third kappa shape index (κ3) is 4.94. The zero-order chi connectivity index (χ0) is 32.6. The van der Waals surface area contributed by atoms with E-state index in [9.17, 15) is 14.7 Å². The van der Waals surface area contributed by atoms with Crippen LogP contribution in [0.2, 0.25) is 0 Å². The molecule has 0 bridgehead atoms. The predicted molar refractivity (Wildman–Crippen MR) is 183 cm³/mol. The summed E-state index contributed by atoms with van der Waals surface area (Å²) in [6, 6.07) is 0. The molecule has 47 heavy (non-hydrogen) atoms. The first kappa shape index (κ1) is 32.4. The summed E-state index contributed by atoms with van der Waals surface area (Å²) in [7, 11) is 0. The van der Waals surface area contributed by atoms with Crippen LogP contribution in [0.25, 0.3) is 0 Å². The van der Waals surface area contributed by atoms with Gasteiger partial charge < -0.3 is 14.9 Å². The normalized spacial score (nSPS) is 49.6. The SMILES string of the molecule is C[C@]12CCC3C(CCC4=CC(=O)CC[C@@H]43)C1CC[C@@]2(O)/C=C\CO.C[C@]12CCC3C(CCC4=CC(=O)CC[C@@H]43)C1CC[C@@]21C=CCO1. The van der Waals surface area contributed by atoms with E-state index in [1.807, 2.05) is 18.2 Å². The molecule has 6 saturated carbocycles. The maximum Gasteiger partial charge on any atom is 0.155 e. The third-order valence-corrected chi connectivity index (χ3v) is 16.3. The second-order valence-electron chi connectivity index (χ2n) is 17.7. The van der Waals surface area contributed by atoms with Gasteiger partial charge in [0.15, 0.2) is 11.6 Å². The van der Waals surface area contributed by atoms with Gasteiger partial charge in [0.2, 0.25) is 0 Å². The predicted octanol–water partition coefficient (Wildman–Crippen LogP) is 7.86. The van der Waals surface area contributed by atoms with Crippen LogP contribution in [0.1, 0.15) is 117 Å². The monoisotopic (exact) mass is 642 g/mol. The van der Waals surface area contributed by atoms with Crippen molar-refractivity contribution >= 4 is 11.6 Å². The number of ether oxygens (including phenoxy) is 1. The van der Waals surface area contributed by atoms with Crippen LogP contribution in [0.15, 0.2) is 47.6 Å². The van der Waals surface area contributed by atoms with Gasteiger partial charge in [-0.05, 0) is 149 Å². The quantitative estimate of drug-likeness (QED) is 0.300. The van der Waals surface area contributed by atoms with Gasteiger partial charge in [-0.25, -0.2) is 0 Å². The molecule has 6 fully saturated rings. The highest BCUT2D eigenvalue weighted by Gasteiger charge is 2.64. The summed E-state index contributed by atoms with van der Waals surface area (Å²) in [5.74, 6) is 6.52. The average molecular weight is 643 g/mol. The number of carbonyl (C=O) groups excluding carboxylic acids is 2. The minimum absolute atomic E-state index is 0.000627. The Balaban J connectivity index is 0.000000138. The Morgan fingerprint density at radius 1 is 0.723 bits per heavy atom. The Bertz CT molecular complexity index is 1400. The molecule has 6 unspecified atom stereocenters. The summed E-state index contributed by atoms with van der Waals surface area (Å²) >= 11 is 0. The lowest BCUT2D eigenvalue weighted by Crippen LogP contribution is -2.52. The molecular formula is C42H58O5. The summed E-state index contributed by atoms with van der Waals surface area (Å²) in [6.45, 7) is 5.61. The van der Waals surface area contributed by atoms with E-state index in [2.05, 4.69) is 26.0 Å². The number of ketones is 2. The van der Waals surface area contributed by atoms with Crippen molar-refractivity contribution in [2.45, 2.75) is 128 Å². The number of hydrogen-bond donors (Lipinski definition) is 2. The molecule has 1 heterocycles. The summed E-state index contributed by atoms with van der Waals surface area (Å²) in [6.07, 6.45) is 30.0. The molecular weight excluding hydrogens is 584 g/mol. The van der Waals surface area contributed by atoms with Crippen LogP contribution in [0.3, 0.4) is 0 Å². The van der Waals surface area contributed by atoms with Crippen molar-refractivity contribution < 1.29 is 24.5 Å². The van der Waals surface area contributed by atoms with Crippen molar-refractivity contribution in [3.05, 3.63) is 47.6 Å². The van der Waals surface area contributed by atoms with Crippen LogP contribution in [0.4, 0.5) is 0 Å². The van der Waals surface area contributed by atoms with E-state index in [0.29, 0.717) is 46.6 Å². The molecule has 1 aliphatic heterocycles. The maximum atomic E-state index is 11.8. The Morgan fingerprint density at radius 2 is 1.30 bits per heavy atom. The molecule has 0 aromatic heterocycles. The molecule has 0 radical (unpaired) electrons. The zero-order valence-corrected chi connectivity index (χ0v) is 28.9. The first-order valence-electron chi connectivity index (χ1n) is 19.4. The lowest BCUT2D eigenvalue weighted by atomic mass is 9.50. The topological polar surface area (TPSA) is 83.8 Å². The van der Waals surface area contributed by atoms with Crippen LogP contribution in [0.5, 0.6) is 0 Å². The highest BCUT2D eigenvalue weighted by atomic mass is 16.5. The lowest BCUT2D eigenvalue weighted by molar-refractivity contribution is -0.118. The number of carbonyl (C=O) groups is 2. The molecule has 5 heteroatoms. The fourth-order valence-corrected chi connectivity index (χ4v) is 14.0. The fraction of sp³-hybridized carbons (Fsp3) is 0.762. The van der Waals surface area contributed by atoms with E-state index in [0.717, 1.165) is 75.7 Å². The minimum Gasteiger partial charge on any atom is -0.392 e. The van der Waals surface area contributed by atoms with Crippen molar-refractivity contribution in [2.75, 3.05) is 13.2 Å². The number of allylic oxidation sites excluding steroid dienone is 2. The Labute approximate surface area is 282 Å². The van der Waals surface area contributed by atoms with Gasteiger partial charge in [-0.3, -0.25) is 9.59 Å². The smallest absolute Gasteiger partial charge is 0.155 e. The molecule has 12 atom stereocenters. The number of fused-ring (bicyclic) bond motifs is 11. The zero-order valence-electron chi connectivity index (χ0n) is 28.9. The molecule has 2 N–H and O–H groups in total. The van der Waals surface area contributed by atoms with Crippen LogP contribution < -0.4 is 0 Å². The summed E-state index contributed by atoms with van der Waals surface area (Å²) < 4.78 is 6.31. The van der Waals surface area contributed by atoms with Crippen molar-refractivity contribution in [1.82, 2.24) is 0 Å². The Kier molecular flexibility index (Phi) is 8.20. The van der Waals surface area contributed by atoms with Crippen LogP contribution in [0, 0.1) is 58.2 Å². The van der Waals surface area contributed by atoms with Gasteiger partial charge in [0, 0.05) is 23.7 Å². The van der Waals surface area contributed by atoms with Crippen molar-refractivity contribution in [3.63, 3.8) is 0 Å². The summed E-state index contributed by atoms with van der Waals surface area (Å²) in [5.41, 5.74) is 2.48. The molecule has 256 valence electrons. The average Bonchev–Trinajstić information content (AvgIpc) is 3.75. The largest absolute Gasteiger partial charge is 0.392 e. The number of rotatable bonds is 2. The Morgan fingerprint density at radius 3 is 1.87 bits per heavy atom. The first-order valence-corrected chi connectivity index (χ1v) is 19.4.